The first-order valence-corrected chi connectivity index (χ1v) is 6.88. The molecule has 4 nitrogen and oxygen atoms in total. The van der Waals surface area contributed by atoms with E-state index in [1.54, 1.807) is 0 Å². The van der Waals surface area contributed by atoms with Crippen LogP contribution in [0.2, 0.25) is 0 Å². The molecule has 1 rings (SSSR count). The zero-order valence-electron chi connectivity index (χ0n) is 12.4. The third-order valence-electron chi connectivity index (χ3n) is 2.87. The van der Waals surface area contributed by atoms with Crippen molar-refractivity contribution in [3.63, 3.8) is 0 Å². The lowest BCUT2D eigenvalue weighted by Crippen LogP contribution is -2.35. The van der Waals surface area contributed by atoms with E-state index in [4.69, 9.17) is 10.5 Å². The van der Waals surface area contributed by atoms with Crippen molar-refractivity contribution in [1.29, 1.82) is 0 Å². The maximum Gasteiger partial charge on any atom is 0.241 e. The Labute approximate surface area is 127 Å². The van der Waals surface area contributed by atoms with Crippen molar-refractivity contribution in [3.8, 4) is 5.75 Å². The van der Waals surface area contributed by atoms with Crippen LogP contribution in [0.3, 0.4) is 0 Å². The number of aryl methyl sites for hydroxylation is 1. The Kier molecular flexibility index (Phi) is 9.01. The van der Waals surface area contributed by atoms with Gasteiger partial charge < -0.3 is 15.8 Å². The van der Waals surface area contributed by atoms with Crippen LogP contribution in [0, 0.1) is 6.92 Å². The summed E-state index contributed by atoms with van der Waals surface area (Å²) in [6.45, 7) is 6.72. The van der Waals surface area contributed by atoms with E-state index in [1.807, 2.05) is 32.0 Å². The summed E-state index contributed by atoms with van der Waals surface area (Å²) in [7, 11) is 0. The molecule has 0 saturated heterocycles. The van der Waals surface area contributed by atoms with E-state index in [-0.39, 0.29) is 18.3 Å². The first-order valence-electron chi connectivity index (χ1n) is 6.88. The lowest BCUT2D eigenvalue weighted by atomic mass is 10.1. The monoisotopic (exact) mass is 300 g/mol. The Hall–Kier alpha value is -1.26. The summed E-state index contributed by atoms with van der Waals surface area (Å²) in [5, 5.41) is 2.86. The molecule has 1 atom stereocenters. The Morgan fingerprint density at radius 1 is 1.35 bits per heavy atom. The first kappa shape index (κ1) is 18.7. The second-order valence-electron chi connectivity index (χ2n) is 4.71. The molecule has 0 aliphatic carbocycles. The summed E-state index contributed by atoms with van der Waals surface area (Å²) < 4.78 is 5.54. The first-order chi connectivity index (χ1) is 9.08. The molecule has 0 saturated carbocycles. The number of hydrogen-bond acceptors (Lipinski definition) is 3. The van der Waals surface area contributed by atoms with Gasteiger partial charge in [-0.2, -0.15) is 0 Å². The fourth-order valence-corrected chi connectivity index (χ4v) is 1.75. The molecule has 3 N–H and O–H groups in total. The molecule has 1 amide bonds. The highest BCUT2D eigenvalue weighted by molar-refractivity contribution is 5.95. The number of carbonyl (C=O) groups excluding carboxylic acids is 1. The number of amides is 1. The molecule has 0 aliphatic rings. The molecule has 114 valence electrons. The third-order valence-corrected chi connectivity index (χ3v) is 2.87. The fourth-order valence-electron chi connectivity index (χ4n) is 1.75. The number of ether oxygens (including phenoxy) is 1. The highest BCUT2D eigenvalue weighted by atomic mass is 35.5. The molecule has 0 aromatic heterocycles. The maximum atomic E-state index is 11.8. The van der Waals surface area contributed by atoms with E-state index in [1.165, 1.54) is 0 Å². The predicted molar refractivity (Wildman–Crippen MR) is 85.7 cm³/mol. The third kappa shape index (κ3) is 5.80. The topological polar surface area (TPSA) is 64.3 Å². The van der Waals surface area contributed by atoms with Gasteiger partial charge in [0.15, 0.2) is 0 Å². The second kappa shape index (κ2) is 9.61. The summed E-state index contributed by atoms with van der Waals surface area (Å²) in [4.78, 5) is 11.8. The zero-order valence-corrected chi connectivity index (χ0v) is 13.3. The van der Waals surface area contributed by atoms with E-state index in [0.29, 0.717) is 13.0 Å². The Bertz CT molecular complexity index is 424. The number of halogens is 1. The summed E-state index contributed by atoms with van der Waals surface area (Å²) in [5.74, 6) is 0.697. The highest BCUT2D eigenvalue weighted by Gasteiger charge is 2.13. The van der Waals surface area contributed by atoms with Crippen LogP contribution in [0.15, 0.2) is 18.2 Å². The van der Waals surface area contributed by atoms with Gasteiger partial charge >= 0.3 is 0 Å². The predicted octanol–water partition coefficient (Wildman–Crippen LogP) is 3.27. The van der Waals surface area contributed by atoms with Crippen LogP contribution in [-0.4, -0.2) is 18.6 Å². The highest BCUT2D eigenvalue weighted by Crippen LogP contribution is 2.21. The molecule has 20 heavy (non-hydrogen) atoms. The molecular weight excluding hydrogens is 276 g/mol. The Morgan fingerprint density at radius 2 is 2.05 bits per heavy atom. The molecule has 0 spiro atoms. The summed E-state index contributed by atoms with van der Waals surface area (Å²) in [5.41, 5.74) is 7.55. The number of rotatable bonds is 7. The van der Waals surface area contributed by atoms with Gasteiger partial charge in [0, 0.05) is 5.69 Å². The van der Waals surface area contributed by atoms with Crippen LogP contribution in [0.4, 0.5) is 5.69 Å². The van der Waals surface area contributed by atoms with E-state index >= 15 is 0 Å². The average molecular weight is 301 g/mol. The average Bonchev–Trinajstić information content (AvgIpc) is 2.39. The van der Waals surface area contributed by atoms with Gasteiger partial charge in [-0.05, 0) is 43.5 Å². The minimum atomic E-state index is -0.444. The minimum Gasteiger partial charge on any atom is -0.494 e. The fraction of sp³-hybridized carbons (Fsp3) is 0.533. The normalized spacial score (nSPS) is 11.4. The second-order valence-corrected chi connectivity index (χ2v) is 4.71. The van der Waals surface area contributed by atoms with Crippen LogP contribution in [0.25, 0.3) is 0 Å². The maximum absolute atomic E-state index is 11.8. The van der Waals surface area contributed by atoms with Crippen molar-refractivity contribution in [2.75, 3.05) is 11.9 Å². The quantitative estimate of drug-likeness (QED) is 0.812. The van der Waals surface area contributed by atoms with E-state index in [0.717, 1.165) is 29.8 Å². The van der Waals surface area contributed by atoms with Crippen molar-refractivity contribution in [2.45, 2.75) is 46.1 Å². The number of hydrogen-bond donors (Lipinski definition) is 2. The molecule has 0 heterocycles. The van der Waals surface area contributed by atoms with Gasteiger partial charge in [0.2, 0.25) is 5.91 Å². The van der Waals surface area contributed by atoms with Crippen LogP contribution in [0.1, 0.15) is 38.7 Å². The van der Waals surface area contributed by atoms with E-state index < -0.39 is 6.04 Å². The van der Waals surface area contributed by atoms with Crippen LogP contribution >= 0.6 is 12.4 Å². The minimum absolute atomic E-state index is 0. The molecule has 0 radical (unpaired) electrons. The number of benzene rings is 1. The SMILES string of the molecule is CCCOc1ccc(NC(=O)C(N)CCC)c(C)c1.Cl. The van der Waals surface area contributed by atoms with Crippen LogP contribution in [0.5, 0.6) is 5.75 Å². The van der Waals surface area contributed by atoms with Crippen molar-refractivity contribution in [3.05, 3.63) is 23.8 Å². The number of nitrogens with two attached hydrogens (primary N) is 1. The molecular formula is C15H25ClN2O2. The molecule has 1 aromatic carbocycles. The van der Waals surface area contributed by atoms with Crippen LogP contribution in [-0.2, 0) is 4.79 Å². The number of carbonyl (C=O) groups is 1. The Balaban J connectivity index is 0.00000361. The van der Waals surface area contributed by atoms with Gasteiger partial charge in [-0.25, -0.2) is 0 Å². The van der Waals surface area contributed by atoms with Crippen molar-refractivity contribution in [2.24, 2.45) is 5.73 Å². The van der Waals surface area contributed by atoms with Crippen molar-refractivity contribution < 1.29 is 9.53 Å². The lowest BCUT2D eigenvalue weighted by Gasteiger charge is -2.14. The largest absolute Gasteiger partial charge is 0.494 e. The van der Waals surface area contributed by atoms with Gasteiger partial charge in [0.05, 0.1) is 12.6 Å². The lowest BCUT2D eigenvalue weighted by molar-refractivity contribution is -0.117. The molecule has 0 aliphatic heterocycles. The molecule has 1 unspecified atom stereocenters. The number of nitrogens with one attached hydrogen (secondary N) is 1. The van der Waals surface area contributed by atoms with Gasteiger partial charge in [-0.1, -0.05) is 20.3 Å². The van der Waals surface area contributed by atoms with Gasteiger partial charge in [-0.3, -0.25) is 4.79 Å². The molecule has 1 aromatic rings. The van der Waals surface area contributed by atoms with Crippen molar-refractivity contribution in [1.82, 2.24) is 0 Å². The molecule has 0 fully saturated rings. The Morgan fingerprint density at radius 3 is 2.60 bits per heavy atom. The van der Waals surface area contributed by atoms with Crippen molar-refractivity contribution >= 4 is 24.0 Å². The van der Waals surface area contributed by atoms with Gasteiger partial charge in [0.1, 0.15) is 5.75 Å². The van der Waals surface area contributed by atoms with E-state index in [9.17, 15) is 4.79 Å². The molecule has 5 heteroatoms. The smallest absolute Gasteiger partial charge is 0.241 e. The standard InChI is InChI=1S/C15H24N2O2.ClH/c1-4-6-13(16)15(18)17-14-8-7-12(10-11(14)3)19-9-5-2;/h7-8,10,13H,4-6,9,16H2,1-3H3,(H,17,18);1H. The zero-order chi connectivity index (χ0) is 14.3. The summed E-state index contributed by atoms with van der Waals surface area (Å²) >= 11 is 0. The number of anilines is 1. The summed E-state index contributed by atoms with van der Waals surface area (Å²) in [6, 6.07) is 5.21. The van der Waals surface area contributed by atoms with Gasteiger partial charge in [-0.15, -0.1) is 12.4 Å². The van der Waals surface area contributed by atoms with Gasteiger partial charge in [0.25, 0.3) is 0 Å². The summed E-state index contributed by atoms with van der Waals surface area (Å²) in [6.07, 6.45) is 2.57. The molecule has 0 bridgehead atoms. The van der Waals surface area contributed by atoms with E-state index in [2.05, 4.69) is 12.2 Å². The van der Waals surface area contributed by atoms with Crippen LogP contribution < -0.4 is 15.8 Å².